The van der Waals surface area contributed by atoms with Gasteiger partial charge in [-0.2, -0.15) is 0 Å². The molecule has 1 aliphatic heterocycles. The van der Waals surface area contributed by atoms with Crippen molar-refractivity contribution < 1.29 is 18.4 Å². The van der Waals surface area contributed by atoms with E-state index in [9.17, 15) is 18.4 Å². The van der Waals surface area contributed by atoms with Gasteiger partial charge in [0.15, 0.2) is 10.9 Å². The molecule has 0 bridgehead atoms. The molecule has 0 spiro atoms. The van der Waals surface area contributed by atoms with Crippen molar-refractivity contribution in [3.8, 4) is 0 Å². The van der Waals surface area contributed by atoms with E-state index in [-0.39, 0.29) is 29.2 Å². The summed E-state index contributed by atoms with van der Waals surface area (Å²) in [6.07, 6.45) is 2.63. The van der Waals surface area contributed by atoms with Crippen LogP contribution in [-0.2, 0) is 4.79 Å². The summed E-state index contributed by atoms with van der Waals surface area (Å²) in [6, 6.07) is 2.56. The summed E-state index contributed by atoms with van der Waals surface area (Å²) in [5.74, 6) is -2.21. The largest absolute Gasteiger partial charge is 0.301 e. The molecule has 1 amide bonds. The van der Waals surface area contributed by atoms with E-state index >= 15 is 0 Å². The molecule has 1 fully saturated rings. The van der Waals surface area contributed by atoms with Crippen LogP contribution in [0.4, 0.5) is 13.9 Å². The molecule has 1 saturated heterocycles. The van der Waals surface area contributed by atoms with E-state index in [1.54, 1.807) is 18.5 Å². The van der Waals surface area contributed by atoms with E-state index in [2.05, 4.69) is 10.3 Å². The van der Waals surface area contributed by atoms with Crippen LogP contribution in [0.2, 0.25) is 0 Å². The zero-order chi connectivity index (χ0) is 18.7. The van der Waals surface area contributed by atoms with Crippen molar-refractivity contribution in [3.63, 3.8) is 0 Å². The van der Waals surface area contributed by atoms with Gasteiger partial charge in [0, 0.05) is 17.5 Å². The molecule has 1 aromatic carbocycles. The third-order valence-electron chi connectivity index (χ3n) is 4.68. The number of carbonyl (C=O) groups is 2. The quantitative estimate of drug-likeness (QED) is 0.810. The molecule has 138 valence electrons. The zero-order valence-electron chi connectivity index (χ0n) is 14.2. The molecule has 1 aromatic heterocycles. The maximum atomic E-state index is 13.8. The van der Waals surface area contributed by atoms with Gasteiger partial charge < -0.3 is 5.32 Å². The third-order valence-corrected chi connectivity index (χ3v) is 5.37. The fourth-order valence-corrected chi connectivity index (χ4v) is 3.65. The Morgan fingerprint density at radius 3 is 2.69 bits per heavy atom. The second kappa shape index (κ2) is 8.01. The number of likely N-dealkylation sites (tertiary alicyclic amines) is 1. The number of hydrogen-bond donors (Lipinski definition) is 1. The summed E-state index contributed by atoms with van der Waals surface area (Å²) in [7, 11) is 0. The SMILES string of the molecule is C[C@H](C(=O)Nc1nccs1)N1CCC(C(=O)c2cc(F)ccc2F)CC1. The molecule has 1 aliphatic rings. The van der Waals surface area contributed by atoms with Crippen LogP contribution in [-0.4, -0.2) is 40.7 Å². The highest BCUT2D eigenvalue weighted by atomic mass is 32.1. The molecule has 5 nitrogen and oxygen atoms in total. The molecular weight excluding hydrogens is 360 g/mol. The highest BCUT2D eigenvalue weighted by Crippen LogP contribution is 2.25. The number of aromatic nitrogens is 1. The van der Waals surface area contributed by atoms with Crippen molar-refractivity contribution in [2.24, 2.45) is 5.92 Å². The lowest BCUT2D eigenvalue weighted by molar-refractivity contribution is -0.121. The van der Waals surface area contributed by atoms with Gasteiger partial charge in [-0.3, -0.25) is 14.5 Å². The molecule has 3 rings (SSSR count). The predicted molar refractivity (Wildman–Crippen MR) is 95.2 cm³/mol. The number of rotatable bonds is 5. The minimum Gasteiger partial charge on any atom is -0.301 e. The number of hydrogen-bond acceptors (Lipinski definition) is 5. The van der Waals surface area contributed by atoms with E-state index in [4.69, 9.17) is 0 Å². The summed E-state index contributed by atoms with van der Waals surface area (Å²) in [6.45, 7) is 2.89. The van der Waals surface area contributed by atoms with E-state index in [1.165, 1.54) is 11.3 Å². The molecule has 26 heavy (non-hydrogen) atoms. The van der Waals surface area contributed by atoms with Gasteiger partial charge in [-0.05, 0) is 51.1 Å². The summed E-state index contributed by atoms with van der Waals surface area (Å²) in [4.78, 5) is 30.8. The molecule has 0 aliphatic carbocycles. The summed E-state index contributed by atoms with van der Waals surface area (Å²) < 4.78 is 27.1. The predicted octanol–water partition coefficient (Wildman–Crippen LogP) is 3.34. The van der Waals surface area contributed by atoms with E-state index in [0.717, 1.165) is 18.2 Å². The van der Waals surface area contributed by atoms with Gasteiger partial charge >= 0.3 is 0 Å². The van der Waals surface area contributed by atoms with Crippen molar-refractivity contribution in [1.82, 2.24) is 9.88 Å². The Morgan fingerprint density at radius 1 is 1.31 bits per heavy atom. The standard InChI is InChI=1S/C18H19F2N3O2S/c1-11(17(25)22-18-21-6-9-26-18)23-7-4-12(5-8-23)16(24)14-10-13(19)2-3-15(14)20/h2-3,6,9-12H,4-5,7-8H2,1H3,(H,21,22,25)/t11-/m1/s1. The molecule has 2 aromatic rings. The van der Waals surface area contributed by atoms with E-state index in [1.807, 2.05) is 4.90 Å². The number of benzene rings is 1. The number of amides is 1. The number of nitrogens with zero attached hydrogens (tertiary/aromatic N) is 2. The van der Waals surface area contributed by atoms with E-state index in [0.29, 0.717) is 31.1 Å². The maximum absolute atomic E-state index is 13.8. The Morgan fingerprint density at radius 2 is 2.04 bits per heavy atom. The Bertz CT molecular complexity index is 790. The van der Waals surface area contributed by atoms with Crippen LogP contribution >= 0.6 is 11.3 Å². The first kappa shape index (κ1) is 18.6. The number of anilines is 1. The first-order valence-corrected chi connectivity index (χ1v) is 9.27. The van der Waals surface area contributed by atoms with Gasteiger partial charge in [0.2, 0.25) is 5.91 Å². The van der Waals surface area contributed by atoms with Crippen LogP contribution in [0.15, 0.2) is 29.8 Å². The number of ketones is 1. The molecule has 8 heteroatoms. The lowest BCUT2D eigenvalue weighted by Gasteiger charge is -2.34. The maximum Gasteiger partial charge on any atom is 0.243 e. The van der Waals surface area contributed by atoms with Gasteiger partial charge in [-0.15, -0.1) is 11.3 Å². The Balaban J connectivity index is 1.57. The first-order valence-electron chi connectivity index (χ1n) is 8.39. The van der Waals surface area contributed by atoms with Crippen LogP contribution in [0.25, 0.3) is 0 Å². The number of nitrogens with one attached hydrogen (secondary N) is 1. The lowest BCUT2D eigenvalue weighted by atomic mass is 9.88. The van der Waals surface area contributed by atoms with Crippen molar-refractivity contribution in [2.45, 2.75) is 25.8 Å². The molecule has 1 N–H and O–H groups in total. The number of carbonyl (C=O) groups excluding carboxylic acids is 2. The number of thiazole rings is 1. The second-order valence-corrected chi connectivity index (χ2v) is 7.20. The van der Waals surface area contributed by atoms with Gasteiger partial charge in [0.1, 0.15) is 11.6 Å². The number of piperidine rings is 1. The smallest absolute Gasteiger partial charge is 0.243 e. The van der Waals surface area contributed by atoms with Crippen LogP contribution in [0, 0.1) is 17.6 Å². The topological polar surface area (TPSA) is 62.3 Å². The van der Waals surface area contributed by atoms with Crippen LogP contribution in [0.3, 0.4) is 0 Å². The van der Waals surface area contributed by atoms with Crippen molar-refractivity contribution in [1.29, 1.82) is 0 Å². The van der Waals surface area contributed by atoms with Crippen molar-refractivity contribution in [2.75, 3.05) is 18.4 Å². The van der Waals surface area contributed by atoms with Crippen molar-refractivity contribution >= 4 is 28.2 Å². The van der Waals surface area contributed by atoms with Gasteiger partial charge in [0.25, 0.3) is 0 Å². The number of halogens is 2. The molecule has 0 unspecified atom stereocenters. The fraction of sp³-hybridized carbons (Fsp3) is 0.389. The highest BCUT2D eigenvalue weighted by Gasteiger charge is 2.31. The normalized spacial score (nSPS) is 17.0. The van der Waals surface area contributed by atoms with Crippen LogP contribution in [0.1, 0.15) is 30.1 Å². The highest BCUT2D eigenvalue weighted by molar-refractivity contribution is 7.13. The minimum atomic E-state index is -0.699. The average molecular weight is 379 g/mol. The second-order valence-electron chi connectivity index (χ2n) is 6.30. The summed E-state index contributed by atoms with van der Waals surface area (Å²) >= 11 is 1.35. The Hall–Kier alpha value is -2.19. The monoisotopic (exact) mass is 379 g/mol. The lowest BCUT2D eigenvalue weighted by Crippen LogP contribution is -2.47. The van der Waals surface area contributed by atoms with Crippen LogP contribution < -0.4 is 5.32 Å². The first-order chi connectivity index (χ1) is 12.5. The summed E-state index contributed by atoms with van der Waals surface area (Å²) in [5.41, 5.74) is -0.196. The molecule has 0 radical (unpaired) electrons. The van der Waals surface area contributed by atoms with Crippen molar-refractivity contribution in [3.05, 3.63) is 47.0 Å². The average Bonchev–Trinajstić information content (AvgIpc) is 3.15. The van der Waals surface area contributed by atoms with Gasteiger partial charge in [-0.1, -0.05) is 0 Å². The van der Waals surface area contributed by atoms with Gasteiger partial charge in [0.05, 0.1) is 11.6 Å². The zero-order valence-corrected chi connectivity index (χ0v) is 15.1. The molecule has 0 saturated carbocycles. The molecule has 2 heterocycles. The molecular formula is C18H19F2N3O2S. The molecule has 1 atom stereocenters. The Labute approximate surface area is 154 Å². The van der Waals surface area contributed by atoms with Crippen LogP contribution in [0.5, 0.6) is 0 Å². The number of Topliss-reactive ketones (excluding diaryl/α,β-unsaturated/α-hetero) is 1. The van der Waals surface area contributed by atoms with E-state index < -0.39 is 11.6 Å². The minimum absolute atomic E-state index is 0.152. The Kier molecular flexibility index (Phi) is 5.73. The third kappa shape index (κ3) is 4.13. The van der Waals surface area contributed by atoms with Gasteiger partial charge in [-0.25, -0.2) is 13.8 Å². The summed E-state index contributed by atoms with van der Waals surface area (Å²) in [5, 5.41) is 5.09. The fourth-order valence-electron chi connectivity index (χ4n) is 3.12.